The van der Waals surface area contributed by atoms with Gasteiger partial charge in [0, 0.05) is 17.7 Å². The van der Waals surface area contributed by atoms with Crippen LogP contribution in [-0.4, -0.2) is 0 Å². The Bertz CT molecular complexity index is 652. The van der Waals surface area contributed by atoms with E-state index in [2.05, 4.69) is 0 Å². The molecule has 0 bridgehead atoms. The minimum Gasteiger partial charge on any atom is -0.324 e. The first-order chi connectivity index (χ1) is 9.08. The maximum absolute atomic E-state index is 13.8. The first-order valence-corrected chi connectivity index (χ1v) is 6.10. The highest BCUT2D eigenvalue weighted by atomic mass is 19.2. The topological polar surface area (TPSA) is 26.0 Å². The van der Waals surface area contributed by atoms with E-state index in [-0.39, 0.29) is 11.6 Å². The van der Waals surface area contributed by atoms with Gasteiger partial charge >= 0.3 is 0 Å². The second-order valence-electron chi connectivity index (χ2n) is 4.76. The van der Waals surface area contributed by atoms with Crippen LogP contribution in [0.1, 0.15) is 23.6 Å². The lowest BCUT2D eigenvalue weighted by atomic mass is 9.96. The van der Waals surface area contributed by atoms with Gasteiger partial charge < -0.3 is 5.73 Å². The van der Waals surface area contributed by atoms with Gasteiger partial charge in [0.15, 0.2) is 11.6 Å². The lowest BCUT2D eigenvalue weighted by molar-refractivity contribution is 0.496. The zero-order valence-electron chi connectivity index (χ0n) is 10.1. The fourth-order valence-corrected chi connectivity index (χ4v) is 2.67. The van der Waals surface area contributed by atoms with Gasteiger partial charge in [0.05, 0.1) is 0 Å². The number of benzene rings is 2. The Morgan fingerprint density at radius 3 is 2.47 bits per heavy atom. The van der Waals surface area contributed by atoms with E-state index in [1.54, 1.807) is 12.1 Å². The predicted octanol–water partition coefficient (Wildman–Crippen LogP) is 3.72. The summed E-state index contributed by atoms with van der Waals surface area (Å²) >= 11 is 0. The highest BCUT2D eigenvalue weighted by molar-refractivity contribution is 5.70. The molecule has 1 aliphatic rings. The van der Waals surface area contributed by atoms with Crippen molar-refractivity contribution in [3.8, 4) is 11.1 Å². The van der Waals surface area contributed by atoms with Gasteiger partial charge in [-0.3, -0.25) is 0 Å². The molecule has 0 aliphatic heterocycles. The Morgan fingerprint density at radius 2 is 1.68 bits per heavy atom. The SMILES string of the molecule is NC1CCc2c(-c3cc(F)c(F)cc3F)cccc21. The van der Waals surface area contributed by atoms with Crippen LogP contribution in [0.5, 0.6) is 0 Å². The fraction of sp³-hybridized carbons (Fsp3) is 0.200. The second kappa shape index (κ2) is 4.38. The molecular weight excluding hydrogens is 251 g/mol. The van der Waals surface area contributed by atoms with Crippen LogP contribution in [0.2, 0.25) is 0 Å². The average Bonchev–Trinajstić information content (AvgIpc) is 2.76. The molecule has 4 heteroatoms. The minimum absolute atomic E-state index is 0.0664. The molecule has 0 spiro atoms. The lowest BCUT2D eigenvalue weighted by Crippen LogP contribution is -2.05. The molecule has 1 nitrogen and oxygen atoms in total. The molecule has 1 unspecified atom stereocenters. The monoisotopic (exact) mass is 263 g/mol. The third kappa shape index (κ3) is 1.92. The molecule has 1 aliphatic carbocycles. The molecule has 19 heavy (non-hydrogen) atoms. The Morgan fingerprint density at radius 1 is 0.947 bits per heavy atom. The molecule has 0 aromatic heterocycles. The second-order valence-corrected chi connectivity index (χ2v) is 4.76. The molecule has 2 aromatic rings. The van der Waals surface area contributed by atoms with Gasteiger partial charge in [0.25, 0.3) is 0 Å². The van der Waals surface area contributed by atoms with Crippen molar-refractivity contribution in [2.45, 2.75) is 18.9 Å². The van der Waals surface area contributed by atoms with Gasteiger partial charge in [0.2, 0.25) is 0 Å². The van der Waals surface area contributed by atoms with Crippen molar-refractivity contribution in [1.82, 2.24) is 0 Å². The largest absolute Gasteiger partial charge is 0.324 e. The van der Waals surface area contributed by atoms with Gasteiger partial charge in [-0.25, -0.2) is 13.2 Å². The first-order valence-electron chi connectivity index (χ1n) is 6.10. The number of rotatable bonds is 1. The molecule has 1 atom stereocenters. The molecule has 2 N–H and O–H groups in total. The maximum atomic E-state index is 13.8. The van der Waals surface area contributed by atoms with Crippen LogP contribution in [0.25, 0.3) is 11.1 Å². The van der Waals surface area contributed by atoms with Crippen LogP contribution in [0, 0.1) is 17.5 Å². The summed E-state index contributed by atoms with van der Waals surface area (Å²) in [7, 11) is 0. The quantitative estimate of drug-likeness (QED) is 0.780. The standard InChI is InChI=1S/C15H12F3N/c16-12-7-14(18)13(17)6-11(12)8-2-1-3-10-9(8)4-5-15(10)19/h1-3,6-7,15H,4-5,19H2. The number of nitrogens with two attached hydrogens (primary N) is 1. The highest BCUT2D eigenvalue weighted by Gasteiger charge is 2.23. The number of hydrogen-bond donors (Lipinski definition) is 1. The molecular formula is C15H12F3N. The zero-order chi connectivity index (χ0) is 13.6. The summed E-state index contributed by atoms with van der Waals surface area (Å²) in [6.45, 7) is 0. The van der Waals surface area contributed by atoms with Crippen molar-refractivity contribution in [3.63, 3.8) is 0 Å². The lowest BCUT2D eigenvalue weighted by Gasteiger charge is -2.11. The normalized spacial score (nSPS) is 17.6. The third-order valence-corrected chi connectivity index (χ3v) is 3.62. The zero-order valence-corrected chi connectivity index (χ0v) is 10.1. The predicted molar refractivity (Wildman–Crippen MR) is 67.0 cm³/mol. The van der Waals surface area contributed by atoms with Crippen LogP contribution >= 0.6 is 0 Å². The fourth-order valence-electron chi connectivity index (χ4n) is 2.67. The molecule has 0 heterocycles. The molecule has 0 saturated carbocycles. The number of fused-ring (bicyclic) bond motifs is 1. The highest BCUT2D eigenvalue weighted by Crippen LogP contribution is 2.37. The van der Waals surface area contributed by atoms with Crippen LogP contribution in [-0.2, 0) is 6.42 Å². The maximum Gasteiger partial charge on any atom is 0.161 e. The van der Waals surface area contributed by atoms with Crippen LogP contribution < -0.4 is 5.73 Å². The van der Waals surface area contributed by atoms with Gasteiger partial charge in [-0.05, 0) is 35.6 Å². The summed E-state index contributed by atoms with van der Waals surface area (Å²) in [5.74, 6) is -2.98. The van der Waals surface area contributed by atoms with E-state index >= 15 is 0 Å². The van der Waals surface area contributed by atoms with E-state index in [0.717, 1.165) is 30.0 Å². The van der Waals surface area contributed by atoms with Crippen molar-refractivity contribution >= 4 is 0 Å². The van der Waals surface area contributed by atoms with Gasteiger partial charge in [-0.1, -0.05) is 18.2 Å². The van der Waals surface area contributed by atoms with Gasteiger partial charge in [0.1, 0.15) is 5.82 Å². The summed E-state index contributed by atoms with van der Waals surface area (Å²) in [6, 6.07) is 6.80. The van der Waals surface area contributed by atoms with Crippen LogP contribution in [0.4, 0.5) is 13.2 Å². The number of hydrogen-bond acceptors (Lipinski definition) is 1. The molecule has 0 fully saturated rings. The molecule has 0 radical (unpaired) electrons. The van der Waals surface area contributed by atoms with Crippen LogP contribution in [0.3, 0.4) is 0 Å². The van der Waals surface area contributed by atoms with E-state index in [0.29, 0.717) is 11.6 Å². The summed E-state index contributed by atoms with van der Waals surface area (Å²) < 4.78 is 40.1. The Hall–Kier alpha value is -1.81. The summed E-state index contributed by atoms with van der Waals surface area (Å²) in [5, 5.41) is 0. The van der Waals surface area contributed by atoms with E-state index in [9.17, 15) is 13.2 Å². The van der Waals surface area contributed by atoms with E-state index < -0.39 is 17.5 Å². The van der Waals surface area contributed by atoms with Gasteiger partial charge in [-0.15, -0.1) is 0 Å². The Labute approximate surface area is 108 Å². The molecule has 0 saturated heterocycles. The number of halogens is 3. The van der Waals surface area contributed by atoms with Gasteiger partial charge in [-0.2, -0.15) is 0 Å². The van der Waals surface area contributed by atoms with Crippen molar-refractivity contribution in [3.05, 3.63) is 58.9 Å². The van der Waals surface area contributed by atoms with E-state index in [1.165, 1.54) is 0 Å². The Kier molecular flexibility index (Phi) is 2.82. The van der Waals surface area contributed by atoms with Crippen LogP contribution in [0.15, 0.2) is 30.3 Å². The minimum atomic E-state index is -1.18. The molecule has 98 valence electrons. The molecule has 0 amide bonds. The van der Waals surface area contributed by atoms with Crippen molar-refractivity contribution in [2.24, 2.45) is 5.73 Å². The molecule has 3 rings (SSSR count). The van der Waals surface area contributed by atoms with Crippen molar-refractivity contribution in [2.75, 3.05) is 0 Å². The van der Waals surface area contributed by atoms with E-state index in [4.69, 9.17) is 5.73 Å². The van der Waals surface area contributed by atoms with Crippen molar-refractivity contribution < 1.29 is 13.2 Å². The average molecular weight is 263 g/mol. The van der Waals surface area contributed by atoms with E-state index in [1.807, 2.05) is 6.07 Å². The third-order valence-electron chi connectivity index (χ3n) is 3.62. The first kappa shape index (κ1) is 12.2. The summed E-state index contributed by atoms with van der Waals surface area (Å²) in [4.78, 5) is 0. The van der Waals surface area contributed by atoms with Crippen molar-refractivity contribution in [1.29, 1.82) is 0 Å². The molecule has 2 aromatic carbocycles. The summed E-state index contributed by atoms with van der Waals surface area (Å²) in [5.41, 5.74) is 8.53. The summed E-state index contributed by atoms with van der Waals surface area (Å²) in [6.07, 6.45) is 1.52. The Balaban J connectivity index is 2.21. The smallest absolute Gasteiger partial charge is 0.161 e.